The number of aromatic nitrogens is 2. The molecule has 0 unspecified atom stereocenters. The molecule has 1 atom stereocenters. The number of rotatable bonds is 9. The van der Waals surface area contributed by atoms with Crippen molar-refractivity contribution in [2.45, 2.75) is 45.4 Å². The van der Waals surface area contributed by atoms with Crippen LogP contribution < -0.4 is 16.0 Å². The smallest absolute Gasteiger partial charge is 0.252 e. The number of amides is 2. The first-order chi connectivity index (χ1) is 20.3. The van der Waals surface area contributed by atoms with Crippen LogP contribution in [0.5, 0.6) is 0 Å². The summed E-state index contributed by atoms with van der Waals surface area (Å²) in [6.45, 7) is 5.81. The summed E-state index contributed by atoms with van der Waals surface area (Å²) in [6, 6.07) is 15.3. The third-order valence-corrected chi connectivity index (χ3v) is 8.60. The van der Waals surface area contributed by atoms with Crippen LogP contribution in [0.1, 0.15) is 66.1 Å². The van der Waals surface area contributed by atoms with E-state index in [4.69, 9.17) is 10.7 Å². The molecule has 216 valence electrons. The molecule has 8 heteroatoms. The number of hydrogen-bond acceptors (Lipinski definition) is 4. The van der Waals surface area contributed by atoms with Gasteiger partial charge in [0.05, 0.1) is 17.2 Å². The summed E-state index contributed by atoms with van der Waals surface area (Å²) in [5.74, 6) is -0.686. The molecule has 6 rings (SSSR count). The van der Waals surface area contributed by atoms with Crippen LogP contribution in [0.15, 0.2) is 67.0 Å². The van der Waals surface area contributed by atoms with Gasteiger partial charge < -0.3 is 20.4 Å². The molecule has 3 heterocycles. The lowest BCUT2D eigenvalue weighted by atomic mass is 9.98. The summed E-state index contributed by atoms with van der Waals surface area (Å²) < 4.78 is 17.3. The first kappa shape index (κ1) is 27.7. The molecule has 4 aromatic rings. The molecule has 2 aromatic carbocycles. The highest BCUT2D eigenvalue weighted by atomic mass is 19.1. The number of anilines is 1. The quantitative estimate of drug-likeness (QED) is 0.271. The van der Waals surface area contributed by atoms with Crippen LogP contribution in [0.3, 0.4) is 0 Å². The van der Waals surface area contributed by atoms with Gasteiger partial charge in [0.2, 0.25) is 5.91 Å². The first-order valence-electron chi connectivity index (χ1n) is 14.7. The molecule has 42 heavy (non-hydrogen) atoms. The normalized spacial score (nSPS) is 17.2. The second-order valence-electron chi connectivity index (χ2n) is 11.4. The SMILES string of the molecule is C/C=C(/C)c1ccccc1CCNC(=O)c1cc(C2CC2)c2nc(-c3ccc(N4CC[C@H](C(N)=O)C4)cc3F)cn2c1. The number of primary amides is 1. The molecule has 2 fully saturated rings. The van der Waals surface area contributed by atoms with Crippen molar-refractivity contribution in [1.82, 2.24) is 14.7 Å². The monoisotopic (exact) mass is 565 g/mol. The zero-order valence-electron chi connectivity index (χ0n) is 24.1. The minimum Gasteiger partial charge on any atom is -0.371 e. The number of carbonyl (C=O) groups excluding carboxylic acids is 2. The number of nitrogens with zero attached hydrogens (tertiary/aromatic N) is 3. The average Bonchev–Trinajstić information content (AvgIpc) is 3.54. The third-order valence-electron chi connectivity index (χ3n) is 8.60. The zero-order chi connectivity index (χ0) is 29.4. The summed E-state index contributed by atoms with van der Waals surface area (Å²) in [6.07, 6.45) is 9.19. The maximum absolute atomic E-state index is 15.4. The largest absolute Gasteiger partial charge is 0.371 e. The van der Waals surface area contributed by atoms with E-state index in [2.05, 4.69) is 30.4 Å². The van der Waals surface area contributed by atoms with Gasteiger partial charge in [-0.25, -0.2) is 9.37 Å². The van der Waals surface area contributed by atoms with E-state index < -0.39 is 0 Å². The molecule has 0 bridgehead atoms. The van der Waals surface area contributed by atoms with Crippen molar-refractivity contribution in [1.29, 1.82) is 0 Å². The van der Waals surface area contributed by atoms with Gasteiger partial charge in [-0.15, -0.1) is 0 Å². The number of imidazole rings is 1. The van der Waals surface area contributed by atoms with Crippen molar-refractivity contribution < 1.29 is 14.0 Å². The number of fused-ring (bicyclic) bond motifs is 1. The second kappa shape index (κ2) is 11.4. The van der Waals surface area contributed by atoms with E-state index in [0.717, 1.165) is 36.2 Å². The molecular weight excluding hydrogens is 529 g/mol. The number of nitrogens with two attached hydrogens (primary N) is 1. The van der Waals surface area contributed by atoms with Crippen molar-refractivity contribution >= 4 is 28.7 Å². The van der Waals surface area contributed by atoms with Crippen molar-refractivity contribution in [3.05, 3.63) is 95.1 Å². The van der Waals surface area contributed by atoms with Gasteiger partial charge in [0, 0.05) is 43.3 Å². The fraction of sp³-hybridized carbons (Fsp3) is 0.324. The molecule has 1 saturated carbocycles. The Morgan fingerprint density at radius 1 is 1.12 bits per heavy atom. The molecule has 3 N–H and O–H groups in total. The van der Waals surface area contributed by atoms with E-state index in [1.807, 2.05) is 40.5 Å². The maximum Gasteiger partial charge on any atom is 0.252 e. The van der Waals surface area contributed by atoms with E-state index in [0.29, 0.717) is 48.8 Å². The van der Waals surface area contributed by atoms with E-state index in [1.165, 1.54) is 22.8 Å². The van der Waals surface area contributed by atoms with E-state index >= 15 is 4.39 Å². The number of benzene rings is 2. The highest BCUT2D eigenvalue weighted by Crippen LogP contribution is 2.42. The van der Waals surface area contributed by atoms with Crippen LogP contribution in [0.25, 0.3) is 22.5 Å². The topological polar surface area (TPSA) is 92.7 Å². The molecular formula is C34H36FN5O2. The van der Waals surface area contributed by atoms with Crippen molar-refractivity contribution in [2.24, 2.45) is 11.7 Å². The van der Waals surface area contributed by atoms with E-state index in [-0.39, 0.29) is 23.5 Å². The van der Waals surface area contributed by atoms with Crippen molar-refractivity contribution in [2.75, 3.05) is 24.5 Å². The van der Waals surface area contributed by atoms with Gasteiger partial charge in [-0.05, 0) is 92.0 Å². The summed E-state index contributed by atoms with van der Waals surface area (Å²) in [4.78, 5) is 31.6. The lowest BCUT2D eigenvalue weighted by Crippen LogP contribution is -2.27. The predicted octanol–water partition coefficient (Wildman–Crippen LogP) is 5.73. The molecule has 2 aromatic heterocycles. The van der Waals surface area contributed by atoms with Crippen LogP contribution in [-0.2, 0) is 11.2 Å². The Balaban J connectivity index is 1.22. The zero-order valence-corrected chi connectivity index (χ0v) is 24.1. The average molecular weight is 566 g/mol. The Morgan fingerprint density at radius 3 is 2.64 bits per heavy atom. The van der Waals surface area contributed by atoms with E-state index in [1.54, 1.807) is 18.5 Å². The van der Waals surface area contributed by atoms with Crippen LogP contribution in [-0.4, -0.2) is 40.8 Å². The molecule has 2 amide bonds. The first-order valence-corrected chi connectivity index (χ1v) is 14.7. The minimum atomic E-state index is -0.377. The fourth-order valence-corrected chi connectivity index (χ4v) is 5.90. The van der Waals surface area contributed by atoms with Crippen molar-refractivity contribution in [3.63, 3.8) is 0 Å². The van der Waals surface area contributed by atoms with Gasteiger partial charge in [-0.1, -0.05) is 30.3 Å². The standard InChI is InChI=1S/C34H36FN5O2/c1-3-21(2)27-7-5-4-6-22(27)12-14-37-34(42)25-16-29(23-8-9-23)33-38-31(20-40(33)19-25)28-11-10-26(17-30(28)35)39-15-13-24(18-39)32(36)41/h3-7,10-11,16-17,19-20,23-24H,8-9,12-15,18H2,1-2H3,(H2,36,41)(H,37,42)/b21-3-/t24-/m0/s1. The predicted molar refractivity (Wildman–Crippen MR) is 164 cm³/mol. The maximum atomic E-state index is 15.4. The highest BCUT2D eigenvalue weighted by molar-refractivity contribution is 5.94. The highest BCUT2D eigenvalue weighted by Gasteiger charge is 2.29. The lowest BCUT2D eigenvalue weighted by molar-refractivity contribution is -0.121. The van der Waals surface area contributed by atoms with Gasteiger partial charge in [0.1, 0.15) is 11.5 Å². The Morgan fingerprint density at radius 2 is 1.93 bits per heavy atom. The van der Waals surface area contributed by atoms with Gasteiger partial charge in [0.15, 0.2) is 0 Å². The summed E-state index contributed by atoms with van der Waals surface area (Å²) in [5.41, 5.74) is 13.1. The molecule has 1 saturated heterocycles. The third kappa shape index (κ3) is 5.53. The molecule has 0 radical (unpaired) electrons. The van der Waals surface area contributed by atoms with Crippen LogP contribution >= 0.6 is 0 Å². The summed E-state index contributed by atoms with van der Waals surface area (Å²) in [7, 11) is 0. The number of carbonyl (C=O) groups is 2. The number of halogens is 1. The number of nitrogens with one attached hydrogen (secondary N) is 1. The number of allylic oxidation sites excluding steroid dienone is 2. The van der Waals surface area contributed by atoms with Gasteiger partial charge in [-0.2, -0.15) is 0 Å². The van der Waals surface area contributed by atoms with E-state index in [9.17, 15) is 9.59 Å². The Kier molecular flexibility index (Phi) is 7.54. The second-order valence-corrected chi connectivity index (χ2v) is 11.4. The fourth-order valence-electron chi connectivity index (χ4n) is 5.90. The van der Waals surface area contributed by atoms with Crippen LogP contribution in [0, 0.1) is 11.7 Å². The van der Waals surface area contributed by atoms with Crippen molar-refractivity contribution in [3.8, 4) is 11.3 Å². The molecule has 0 spiro atoms. The number of pyridine rings is 1. The molecule has 7 nitrogen and oxygen atoms in total. The Labute approximate surface area is 245 Å². The Hall–Kier alpha value is -4.46. The summed E-state index contributed by atoms with van der Waals surface area (Å²) in [5, 5.41) is 3.09. The lowest BCUT2D eigenvalue weighted by Gasteiger charge is -2.18. The number of hydrogen-bond donors (Lipinski definition) is 2. The van der Waals surface area contributed by atoms with Gasteiger partial charge in [0.25, 0.3) is 5.91 Å². The minimum absolute atomic E-state index is 0.135. The van der Waals surface area contributed by atoms with Crippen LogP contribution in [0.2, 0.25) is 0 Å². The molecule has 1 aliphatic carbocycles. The molecule has 1 aliphatic heterocycles. The Bertz CT molecular complexity index is 1700. The van der Waals surface area contributed by atoms with Gasteiger partial charge >= 0.3 is 0 Å². The van der Waals surface area contributed by atoms with Gasteiger partial charge in [-0.3, -0.25) is 9.59 Å². The summed E-state index contributed by atoms with van der Waals surface area (Å²) >= 11 is 0. The van der Waals surface area contributed by atoms with Crippen LogP contribution in [0.4, 0.5) is 10.1 Å². The molecule has 2 aliphatic rings.